The minimum atomic E-state index is -0.706. The number of aliphatic hydroxyl groups excluding tert-OH is 4. The van der Waals surface area contributed by atoms with E-state index < -0.39 is 24.8 Å². The van der Waals surface area contributed by atoms with E-state index in [1.54, 1.807) is 48.9 Å². The Bertz CT molecular complexity index is 872. The van der Waals surface area contributed by atoms with Gasteiger partial charge in [0.15, 0.2) is 12.6 Å². The van der Waals surface area contributed by atoms with E-state index >= 15 is 0 Å². The first kappa shape index (κ1) is 76.0. The summed E-state index contributed by atoms with van der Waals surface area (Å²) < 4.78 is 49.0. The van der Waals surface area contributed by atoms with Gasteiger partial charge in [-0.05, 0) is 31.9 Å². The van der Waals surface area contributed by atoms with Crippen molar-refractivity contribution in [2.24, 2.45) is 10.8 Å². The number of ether oxygens (including phenoxy) is 10. The van der Waals surface area contributed by atoms with Crippen LogP contribution in [0.2, 0.25) is 0 Å². The molecule has 0 aromatic carbocycles. The highest BCUT2D eigenvalue weighted by molar-refractivity contribution is 6.92. The Morgan fingerprint density at radius 1 is 0.780 bits per heavy atom. The molecule has 23 heteroatoms. The fourth-order valence-electron chi connectivity index (χ4n) is 4.57. The summed E-state index contributed by atoms with van der Waals surface area (Å²) in [7, 11) is 14.2. The minimum Gasteiger partial charge on any atom is -0.388 e. The van der Waals surface area contributed by atoms with Crippen molar-refractivity contribution in [3.8, 4) is 0 Å². The van der Waals surface area contributed by atoms with Gasteiger partial charge in [0.05, 0.1) is 56.9 Å². The highest BCUT2D eigenvalue weighted by Crippen LogP contribution is 2.21. The molecule has 19 nitrogen and oxygen atoms in total. The largest absolute Gasteiger partial charge is 0.388 e. The number of aliphatic hydroxyl groups is 4. The number of allylic oxidation sites excluding steroid dienone is 1. The molecular weight excluding hydrogens is 854 g/mol. The van der Waals surface area contributed by atoms with Gasteiger partial charge in [-0.1, -0.05) is 13.5 Å². The van der Waals surface area contributed by atoms with Gasteiger partial charge in [0.1, 0.15) is 30.9 Å². The van der Waals surface area contributed by atoms with Crippen molar-refractivity contribution in [2.45, 2.75) is 107 Å². The summed E-state index contributed by atoms with van der Waals surface area (Å²) in [6.07, 6.45) is 6.16. The third-order valence-electron chi connectivity index (χ3n) is 7.25. The predicted octanol–water partition coefficient (Wildman–Crippen LogP) is 0.0608. The second-order valence-electron chi connectivity index (χ2n) is 11.6. The van der Waals surface area contributed by atoms with Crippen molar-refractivity contribution in [1.82, 2.24) is 5.43 Å². The van der Waals surface area contributed by atoms with Crippen LogP contribution in [0.1, 0.15) is 46.0 Å². The smallest absolute Gasteiger partial charge is 0.157 e. The van der Waals surface area contributed by atoms with E-state index in [0.717, 1.165) is 19.1 Å². The molecule has 0 saturated carbocycles. The predicted molar refractivity (Wildman–Crippen MR) is 251 cm³/mol. The maximum Gasteiger partial charge on any atom is 0.157 e. The molecule has 7 N–H and O–H groups in total. The van der Waals surface area contributed by atoms with E-state index in [0.29, 0.717) is 51.7 Å². The zero-order valence-electron chi connectivity index (χ0n) is 36.5. The molecule has 2 saturated heterocycles. The molecule has 0 bridgehead atoms. The highest BCUT2D eigenvalue weighted by atomic mass is 31.0. The van der Waals surface area contributed by atoms with Crippen molar-refractivity contribution in [3.05, 3.63) is 12.2 Å². The molecule has 362 valence electrons. The van der Waals surface area contributed by atoms with E-state index in [1.807, 2.05) is 0 Å². The lowest BCUT2D eigenvalue weighted by molar-refractivity contribution is -0.113. The Morgan fingerprint density at radius 3 is 1.61 bits per heavy atom. The molecule has 0 aromatic rings. The average Bonchev–Trinajstić information content (AvgIpc) is 3.71. The maximum atomic E-state index is 10.8. The van der Waals surface area contributed by atoms with Gasteiger partial charge in [-0.3, -0.25) is 4.79 Å². The van der Waals surface area contributed by atoms with Gasteiger partial charge in [-0.25, -0.2) is 0 Å². The Hall–Kier alpha value is -0.330. The van der Waals surface area contributed by atoms with Crippen LogP contribution >= 0.6 is 39.6 Å². The number of unbranched alkanes of at least 4 members (excludes halogenated alkanes) is 1. The topological polar surface area (TPSA) is 258 Å². The number of hydrogen-bond acceptors (Lipinski definition) is 19. The van der Waals surface area contributed by atoms with Crippen LogP contribution in [0, 0.1) is 0 Å². The van der Waals surface area contributed by atoms with Crippen LogP contribution in [0.25, 0.3) is 0 Å². The number of carbonyl (C=O) groups excluding carboxylic acids is 2. The van der Waals surface area contributed by atoms with Crippen molar-refractivity contribution in [2.75, 3.05) is 97.0 Å². The van der Waals surface area contributed by atoms with Crippen LogP contribution < -0.4 is 11.2 Å². The summed E-state index contributed by atoms with van der Waals surface area (Å²) in [5.74, 6) is 0. The fraction of sp³-hybridized carbons (Fsp3) is 0.861. The van der Waals surface area contributed by atoms with Crippen LogP contribution in [0.4, 0.5) is 0 Å². The molecule has 0 amide bonds. The number of hydrogen-bond donors (Lipinski definition) is 6. The first-order chi connectivity index (χ1) is 26.0. The first-order valence-corrected chi connectivity index (χ1v) is 17.5. The molecule has 0 spiro atoms. The highest BCUT2D eigenvalue weighted by Gasteiger charge is 2.34. The van der Waals surface area contributed by atoms with E-state index in [1.165, 1.54) is 33.5 Å². The molecule has 10 unspecified atom stereocenters. The van der Waals surface area contributed by atoms with Crippen LogP contribution in [0.5, 0.6) is 0 Å². The minimum absolute atomic E-state index is 0. The third-order valence-corrected chi connectivity index (χ3v) is 7.25. The summed E-state index contributed by atoms with van der Waals surface area (Å²) in [5.41, 5.74) is 8.16. The number of aldehydes is 2. The van der Waals surface area contributed by atoms with Crippen LogP contribution in [-0.2, 0) is 57.0 Å². The zero-order chi connectivity index (χ0) is 41.6. The quantitative estimate of drug-likeness (QED) is 0.0198. The molecule has 14 atom stereocenters. The van der Waals surface area contributed by atoms with E-state index in [9.17, 15) is 14.7 Å². The number of nitrogens with one attached hydrogen (secondary N) is 1. The lowest BCUT2D eigenvalue weighted by Crippen LogP contribution is -2.32. The summed E-state index contributed by atoms with van der Waals surface area (Å²) in [4.78, 5) is 20.5. The monoisotopic (exact) mass is 942 g/mol. The Labute approximate surface area is 367 Å². The molecule has 2 fully saturated rings. The van der Waals surface area contributed by atoms with Gasteiger partial charge in [0.25, 0.3) is 0 Å². The Kier molecular flexibility index (Phi) is 71.7. The Morgan fingerprint density at radius 2 is 1.25 bits per heavy atom. The maximum absolute atomic E-state index is 10.8. The van der Waals surface area contributed by atoms with Crippen LogP contribution in [0.3, 0.4) is 0 Å². The molecule has 59 heavy (non-hydrogen) atoms. The summed E-state index contributed by atoms with van der Waals surface area (Å²) in [6, 6.07) is -0.303. The zero-order valence-corrected chi connectivity index (χ0v) is 42.1. The molecule has 0 aliphatic carbocycles. The molecule has 2 heterocycles. The van der Waals surface area contributed by atoms with Crippen molar-refractivity contribution in [1.29, 1.82) is 0 Å². The summed E-state index contributed by atoms with van der Waals surface area (Å²) in [5, 5.41) is 40.6. The third kappa shape index (κ3) is 44.1. The van der Waals surface area contributed by atoms with Crippen LogP contribution in [0.15, 0.2) is 17.3 Å². The molecule has 2 aliphatic heterocycles. The lowest BCUT2D eigenvalue weighted by atomic mass is 10.1. The number of rotatable bonds is 23. The van der Waals surface area contributed by atoms with Gasteiger partial charge in [-0.2, -0.15) is 44.7 Å². The molecule has 0 radical (unpaired) electrons. The number of nitrogens with two attached hydrogens (primary N) is 1. The van der Waals surface area contributed by atoms with Crippen molar-refractivity contribution >= 4 is 58.4 Å². The van der Waals surface area contributed by atoms with E-state index in [-0.39, 0.29) is 96.8 Å². The average molecular weight is 942 g/mol. The summed E-state index contributed by atoms with van der Waals surface area (Å²) in [6.45, 7) is 1.99. The molecule has 0 aromatic heterocycles. The van der Waals surface area contributed by atoms with Crippen molar-refractivity contribution in [3.63, 3.8) is 0 Å². The van der Waals surface area contributed by atoms with Crippen LogP contribution in [-0.4, -0.2) is 198 Å². The van der Waals surface area contributed by atoms with Gasteiger partial charge in [-0.15, -0.1) is 0 Å². The second kappa shape index (κ2) is 55.7. The van der Waals surface area contributed by atoms with Gasteiger partial charge in [0.2, 0.25) is 0 Å². The number of hydrazone groups is 1. The fourth-order valence-corrected chi connectivity index (χ4v) is 4.57. The van der Waals surface area contributed by atoms with Crippen molar-refractivity contribution < 1.29 is 77.4 Å². The SMILES string of the molecule is C.COC.COCC(O)/C=C/C=O.COC[C@@H](O)C(CC=NN[C@H](C=O)CCCCN)OC.COC[C@H]1OC(O)CC1OC.COC[C@H]1OC(O)CC1OC.P.P.P.P. The molecule has 2 rings (SSSR count). The standard InChI is InChI=1S/C13H27N3O4.2C7H14O4.C6H10O3.C2H6O.CH4.4H3P/c1-19-10-12(18)13(20-2)6-8-15-16-11(9-17)5-3-4-7-14;2*1-9-4-6-5(10-2)3-7(8)11-6;1-9-5-6(8)3-2-4-7;1-3-2;;;;;/h8-9,11-13,16,18H,3-7,10,14H2,1-2H3;2*5-8H,3-4H2,1-2H3;2-4,6,8H,5H2,1H3;1-2H3;1H4;4*1H3/b;;;3-2+;;;;;;/t11-,12+,13?;2*5?,6-,7?;;;;;;;/m011......./s1. The van der Waals surface area contributed by atoms with E-state index in [4.69, 9.17) is 58.9 Å². The van der Waals surface area contributed by atoms with E-state index in [2.05, 4.69) is 20.0 Å². The number of methoxy groups -OCH3 is 8. The first-order valence-electron chi connectivity index (χ1n) is 17.5. The normalized spacial score (nSPS) is 22.0. The number of nitrogens with zero attached hydrogens (tertiary/aromatic N) is 1. The molecule has 2 aliphatic rings. The number of carbonyl (C=O) groups is 2. The second-order valence-corrected chi connectivity index (χ2v) is 11.6. The van der Waals surface area contributed by atoms with Gasteiger partial charge < -0.3 is 83.7 Å². The van der Waals surface area contributed by atoms with Gasteiger partial charge in [0, 0.05) is 89.5 Å². The van der Waals surface area contributed by atoms with Gasteiger partial charge >= 0.3 is 0 Å². The molecular formula is C36H87N3O16P4. The Balaban J connectivity index is -0.0000000970. The lowest BCUT2D eigenvalue weighted by Gasteiger charge is -2.19. The summed E-state index contributed by atoms with van der Waals surface area (Å²) >= 11 is 0.